The number of hydrogen-bond acceptors (Lipinski definition) is 4. The van der Waals surface area contributed by atoms with Gasteiger partial charge in [0.15, 0.2) is 0 Å². The van der Waals surface area contributed by atoms with Crippen molar-refractivity contribution in [1.82, 2.24) is 0 Å². The van der Waals surface area contributed by atoms with Crippen LogP contribution in [0.4, 0.5) is 14.5 Å². The molecule has 0 aliphatic carbocycles. The van der Waals surface area contributed by atoms with Gasteiger partial charge in [0.25, 0.3) is 0 Å². The van der Waals surface area contributed by atoms with Crippen LogP contribution in [0.1, 0.15) is 18.1 Å². The maximum absolute atomic E-state index is 12.9. The Hall–Kier alpha value is -1.99. The van der Waals surface area contributed by atoms with Gasteiger partial charge in [0.2, 0.25) is 9.84 Å². The Morgan fingerprint density at radius 1 is 1.08 bits per heavy atom. The van der Waals surface area contributed by atoms with Gasteiger partial charge in [0.05, 0.1) is 16.7 Å². The predicted molar refractivity (Wildman–Crippen MR) is 91.4 cm³/mol. The second-order valence-electron chi connectivity index (χ2n) is 5.93. The van der Waals surface area contributed by atoms with E-state index in [0.29, 0.717) is 13.2 Å². The molecule has 2 unspecified atom stereocenters. The van der Waals surface area contributed by atoms with Crippen LogP contribution in [-0.2, 0) is 14.6 Å². The third kappa shape index (κ3) is 3.82. The number of para-hydroxylation sites is 1. The average Bonchev–Trinajstić information content (AvgIpc) is 3.09. The van der Waals surface area contributed by atoms with Gasteiger partial charge in [-0.2, -0.15) is 8.78 Å². The summed E-state index contributed by atoms with van der Waals surface area (Å²) in [5, 5.41) is 3.02. The zero-order valence-corrected chi connectivity index (χ0v) is 14.3. The fourth-order valence-electron chi connectivity index (χ4n) is 3.05. The number of nitrogens with one attached hydrogen (secondary N) is 1. The molecule has 1 aliphatic heterocycles. The van der Waals surface area contributed by atoms with Crippen molar-refractivity contribution < 1.29 is 21.9 Å². The van der Waals surface area contributed by atoms with Crippen molar-refractivity contribution in [2.45, 2.75) is 23.2 Å². The molecule has 0 amide bonds. The fourth-order valence-corrected chi connectivity index (χ4v) is 3.96. The normalized spacial score (nSPS) is 20.8. The Kier molecular flexibility index (Phi) is 5.34. The van der Waals surface area contributed by atoms with Crippen LogP contribution in [0.2, 0.25) is 0 Å². The van der Waals surface area contributed by atoms with Crippen LogP contribution in [0.25, 0.3) is 0 Å². The molecular formula is C18H19F2NO3S. The summed E-state index contributed by atoms with van der Waals surface area (Å²) in [6, 6.07) is 15.5. The molecule has 3 rings (SSSR count). The Morgan fingerprint density at radius 3 is 2.48 bits per heavy atom. The van der Waals surface area contributed by atoms with Crippen LogP contribution in [-0.4, -0.2) is 27.3 Å². The Morgan fingerprint density at radius 2 is 1.76 bits per heavy atom. The van der Waals surface area contributed by atoms with Gasteiger partial charge in [-0.1, -0.05) is 42.5 Å². The molecular weight excluding hydrogens is 348 g/mol. The summed E-state index contributed by atoms with van der Waals surface area (Å²) in [7, 11) is -4.65. The first-order valence-corrected chi connectivity index (χ1v) is 9.56. The van der Waals surface area contributed by atoms with Gasteiger partial charge in [0, 0.05) is 19.1 Å². The SMILES string of the molecule is O=S(=O)(c1ccccc1NCC1CCOC1c1ccccc1)C(F)F. The largest absolute Gasteiger partial charge is 0.384 e. The van der Waals surface area contributed by atoms with E-state index >= 15 is 0 Å². The van der Waals surface area contributed by atoms with Gasteiger partial charge in [0.1, 0.15) is 0 Å². The highest BCUT2D eigenvalue weighted by atomic mass is 32.2. The molecule has 0 radical (unpaired) electrons. The molecule has 1 aliphatic rings. The third-order valence-corrected chi connectivity index (χ3v) is 5.76. The second-order valence-corrected chi connectivity index (χ2v) is 7.82. The highest BCUT2D eigenvalue weighted by Crippen LogP contribution is 2.35. The molecule has 2 aromatic rings. The van der Waals surface area contributed by atoms with Gasteiger partial charge >= 0.3 is 5.76 Å². The molecule has 0 aromatic heterocycles. The van der Waals surface area contributed by atoms with Crippen LogP contribution in [0.15, 0.2) is 59.5 Å². The summed E-state index contributed by atoms with van der Waals surface area (Å²) in [6.45, 7) is 1.05. The Balaban J connectivity index is 1.76. The molecule has 1 saturated heterocycles. The van der Waals surface area contributed by atoms with E-state index in [2.05, 4.69) is 5.32 Å². The lowest BCUT2D eigenvalue weighted by Crippen LogP contribution is -2.20. The van der Waals surface area contributed by atoms with E-state index in [1.165, 1.54) is 18.2 Å². The summed E-state index contributed by atoms with van der Waals surface area (Å²) in [6.07, 6.45) is 0.726. The minimum Gasteiger partial charge on any atom is -0.384 e. The number of benzene rings is 2. The summed E-state index contributed by atoms with van der Waals surface area (Å²) < 4.78 is 55.2. The lowest BCUT2D eigenvalue weighted by Gasteiger charge is -2.21. The molecule has 0 saturated carbocycles. The zero-order valence-electron chi connectivity index (χ0n) is 13.4. The van der Waals surface area contributed by atoms with Crippen molar-refractivity contribution in [2.24, 2.45) is 5.92 Å². The lowest BCUT2D eigenvalue weighted by molar-refractivity contribution is 0.0933. The van der Waals surface area contributed by atoms with Crippen molar-refractivity contribution in [3.63, 3.8) is 0 Å². The average molecular weight is 367 g/mol. The summed E-state index contributed by atoms with van der Waals surface area (Å²) >= 11 is 0. The van der Waals surface area contributed by atoms with Gasteiger partial charge in [-0.25, -0.2) is 8.42 Å². The maximum Gasteiger partial charge on any atom is 0.341 e. The highest BCUT2D eigenvalue weighted by molar-refractivity contribution is 7.91. The monoisotopic (exact) mass is 367 g/mol. The van der Waals surface area contributed by atoms with Gasteiger partial charge in [-0.15, -0.1) is 0 Å². The summed E-state index contributed by atoms with van der Waals surface area (Å²) in [5.41, 5.74) is 1.25. The topological polar surface area (TPSA) is 55.4 Å². The van der Waals surface area contributed by atoms with Crippen LogP contribution in [0.3, 0.4) is 0 Å². The van der Waals surface area contributed by atoms with E-state index < -0.39 is 15.6 Å². The quantitative estimate of drug-likeness (QED) is 0.842. The van der Waals surface area contributed by atoms with Gasteiger partial charge in [-0.3, -0.25) is 0 Å². The fraction of sp³-hybridized carbons (Fsp3) is 0.333. The maximum atomic E-state index is 12.9. The number of halogens is 2. The summed E-state index contributed by atoms with van der Waals surface area (Å²) in [4.78, 5) is -0.375. The number of hydrogen-bond donors (Lipinski definition) is 1. The van der Waals surface area contributed by atoms with E-state index in [9.17, 15) is 17.2 Å². The van der Waals surface area contributed by atoms with E-state index in [-0.39, 0.29) is 22.6 Å². The molecule has 0 bridgehead atoms. The molecule has 0 spiro atoms. The molecule has 1 N–H and O–H groups in total. The van der Waals surface area contributed by atoms with Gasteiger partial charge in [-0.05, 0) is 24.1 Å². The highest BCUT2D eigenvalue weighted by Gasteiger charge is 2.31. The molecule has 1 fully saturated rings. The molecule has 134 valence electrons. The van der Waals surface area contributed by atoms with Crippen molar-refractivity contribution in [1.29, 1.82) is 0 Å². The third-order valence-electron chi connectivity index (χ3n) is 4.33. The second kappa shape index (κ2) is 7.49. The number of alkyl halides is 2. The van der Waals surface area contributed by atoms with Gasteiger partial charge < -0.3 is 10.1 Å². The first kappa shape index (κ1) is 17.8. The van der Waals surface area contributed by atoms with Crippen LogP contribution in [0, 0.1) is 5.92 Å². The zero-order chi connectivity index (χ0) is 17.9. The predicted octanol–water partition coefficient (Wildman–Crippen LogP) is 3.87. The van der Waals surface area contributed by atoms with Crippen molar-refractivity contribution in [3.8, 4) is 0 Å². The standard InChI is InChI=1S/C18H19F2NO3S/c19-18(20)25(22,23)16-9-5-4-8-15(16)21-12-14-10-11-24-17(14)13-6-2-1-3-7-13/h1-9,14,17-18,21H,10-12H2. The molecule has 2 atom stereocenters. The molecule has 4 nitrogen and oxygen atoms in total. The van der Waals surface area contributed by atoms with E-state index in [1.807, 2.05) is 30.3 Å². The number of sulfone groups is 1. The number of ether oxygens (including phenoxy) is 1. The minimum absolute atomic E-state index is 0.0902. The van der Waals surface area contributed by atoms with E-state index in [4.69, 9.17) is 4.74 Å². The Labute approximate surface area is 145 Å². The van der Waals surface area contributed by atoms with E-state index in [1.54, 1.807) is 6.07 Å². The molecule has 25 heavy (non-hydrogen) atoms. The van der Waals surface area contributed by atoms with E-state index in [0.717, 1.165) is 12.0 Å². The molecule has 1 heterocycles. The smallest absolute Gasteiger partial charge is 0.341 e. The van der Waals surface area contributed by atoms with Crippen LogP contribution in [0.5, 0.6) is 0 Å². The van der Waals surface area contributed by atoms with Crippen molar-refractivity contribution >= 4 is 15.5 Å². The first-order chi connectivity index (χ1) is 12.0. The molecule has 2 aromatic carbocycles. The lowest BCUT2D eigenvalue weighted by atomic mass is 9.95. The summed E-state index contributed by atoms with van der Waals surface area (Å²) in [5.74, 6) is -3.31. The van der Waals surface area contributed by atoms with Crippen molar-refractivity contribution in [3.05, 3.63) is 60.2 Å². The number of anilines is 1. The first-order valence-electron chi connectivity index (χ1n) is 8.01. The molecule has 7 heteroatoms. The van der Waals surface area contributed by atoms with Crippen LogP contribution < -0.4 is 5.32 Å². The Bertz CT molecular complexity index is 812. The van der Waals surface area contributed by atoms with Crippen LogP contribution >= 0.6 is 0 Å². The van der Waals surface area contributed by atoms with Crippen molar-refractivity contribution in [2.75, 3.05) is 18.5 Å². The minimum atomic E-state index is -4.65. The number of rotatable bonds is 6.